The zero-order valence-corrected chi connectivity index (χ0v) is 71.0. The Labute approximate surface area is 645 Å². The second kappa shape index (κ2) is 76.1. The maximum Gasteiger partial charge on any atom is 0.472 e. The van der Waals surface area contributed by atoms with Crippen molar-refractivity contribution < 1.29 is 80.2 Å². The zero-order valence-electron chi connectivity index (χ0n) is 69.2. The van der Waals surface area contributed by atoms with E-state index in [0.717, 1.165) is 108 Å². The van der Waals surface area contributed by atoms with Crippen molar-refractivity contribution in [2.45, 2.75) is 471 Å². The molecule has 0 aliphatic rings. The monoisotopic (exact) mass is 1540 g/mol. The summed E-state index contributed by atoms with van der Waals surface area (Å²) in [4.78, 5) is 73.2. The quantitative estimate of drug-likeness (QED) is 0.0222. The van der Waals surface area contributed by atoms with E-state index in [2.05, 4.69) is 48.5 Å². The van der Waals surface area contributed by atoms with Crippen LogP contribution in [0.4, 0.5) is 0 Å². The van der Waals surface area contributed by atoms with Crippen molar-refractivity contribution in [3.8, 4) is 0 Å². The second-order valence-corrected chi connectivity index (χ2v) is 35.0. The van der Waals surface area contributed by atoms with Gasteiger partial charge in [-0.3, -0.25) is 37.3 Å². The lowest BCUT2D eigenvalue weighted by Gasteiger charge is -2.21. The molecule has 0 saturated carbocycles. The molecule has 0 radical (unpaired) electrons. The lowest BCUT2D eigenvalue weighted by Crippen LogP contribution is -2.30. The summed E-state index contributed by atoms with van der Waals surface area (Å²) in [6.45, 7) is 12.0. The van der Waals surface area contributed by atoms with E-state index in [4.69, 9.17) is 37.0 Å². The molecule has 0 fully saturated rings. The molecule has 0 spiro atoms. The van der Waals surface area contributed by atoms with Crippen molar-refractivity contribution in [1.29, 1.82) is 0 Å². The summed E-state index contributed by atoms with van der Waals surface area (Å²) in [6, 6.07) is 0. The number of carbonyl (C=O) groups excluding carboxylic acids is 4. The predicted octanol–water partition coefficient (Wildman–Crippen LogP) is 26.1. The SMILES string of the molecule is CCCCCCCCCCCCCCCCCCC(=O)O[C@H](COC(=O)CCCCCCCCCCC(C)C)COP(=O)(O)OC[C@H](O)COP(=O)(O)OC[C@@H](COC(=O)CCCCCCCCCCCCCCCC(C)C)OC(=O)CCCCCCCCCCCCCCCCCCCCC(C)CC. The third kappa shape index (κ3) is 78.5. The van der Waals surface area contributed by atoms with E-state index in [9.17, 15) is 43.2 Å². The normalized spacial score (nSPS) is 14.1. The highest BCUT2D eigenvalue weighted by Crippen LogP contribution is 2.45. The smallest absolute Gasteiger partial charge is 0.462 e. The Hall–Kier alpha value is -1.94. The van der Waals surface area contributed by atoms with Crippen LogP contribution in [-0.2, 0) is 65.4 Å². The molecule has 3 unspecified atom stereocenters. The Bertz CT molecular complexity index is 2030. The molecule has 0 heterocycles. The number of hydrogen-bond donors (Lipinski definition) is 3. The third-order valence-electron chi connectivity index (χ3n) is 20.5. The Morgan fingerprint density at radius 2 is 0.486 bits per heavy atom. The Morgan fingerprint density at radius 3 is 0.724 bits per heavy atom. The Kier molecular flexibility index (Phi) is 74.7. The predicted molar refractivity (Wildman–Crippen MR) is 432 cm³/mol. The topological polar surface area (TPSA) is 237 Å². The molecular weight excluding hydrogens is 1370 g/mol. The van der Waals surface area contributed by atoms with Crippen LogP contribution < -0.4 is 0 Å². The van der Waals surface area contributed by atoms with Crippen molar-refractivity contribution in [1.82, 2.24) is 0 Å². The van der Waals surface area contributed by atoms with E-state index < -0.39 is 97.5 Å². The van der Waals surface area contributed by atoms with Crippen LogP contribution in [0.5, 0.6) is 0 Å². The van der Waals surface area contributed by atoms with E-state index in [1.54, 1.807) is 0 Å². The zero-order chi connectivity index (χ0) is 77.2. The highest BCUT2D eigenvalue weighted by Gasteiger charge is 2.30. The van der Waals surface area contributed by atoms with Crippen LogP contribution in [0, 0.1) is 17.8 Å². The fourth-order valence-corrected chi connectivity index (χ4v) is 14.9. The maximum absolute atomic E-state index is 13.1. The van der Waals surface area contributed by atoms with E-state index in [1.807, 2.05) is 0 Å². The van der Waals surface area contributed by atoms with Crippen LogP contribution in [0.2, 0.25) is 0 Å². The average molecular weight is 1540 g/mol. The molecule has 0 amide bonds. The van der Waals surface area contributed by atoms with Gasteiger partial charge in [0.25, 0.3) is 0 Å². The molecule has 19 heteroatoms. The molecule has 0 rings (SSSR count). The minimum Gasteiger partial charge on any atom is -0.462 e. The molecular formula is C86H168O17P2. The fourth-order valence-electron chi connectivity index (χ4n) is 13.3. The van der Waals surface area contributed by atoms with Crippen LogP contribution in [0.25, 0.3) is 0 Å². The van der Waals surface area contributed by atoms with Gasteiger partial charge in [-0.25, -0.2) is 9.13 Å². The summed E-state index contributed by atoms with van der Waals surface area (Å²) in [5.41, 5.74) is 0. The molecule has 0 aromatic carbocycles. The average Bonchev–Trinajstić information content (AvgIpc) is 0.911. The molecule has 3 N–H and O–H groups in total. The molecule has 6 atom stereocenters. The van der Waals surface area contributed by atoms with Gasteiger partial charge in [0.15, 0.2) is 12.2 Å². The number of unbranched alkanes of at least 4 members (excludes halogenated alkanes) is 51. The molecule has 0 aliphatic carbocycles. The van der Waals surface area contributed by atoms with Crippen LogP contribution in [0.1, 0.15) is 453 Å². The Balaban J connectivity index is 5.23. The number of ether oxygens (including phenoxy) is 4. The largest absolute Gasteiger partial charge is 0.472 e. The van der Waals surface area contributed by atoms with Crippen molar-refractivity contribution in [2.75, 3.05) is 39.6 Å². The van der Waals surface area contributed by atoms with E-state index in [1.165, 1.54) is 263 Å². The summed E-state index contributed by atoms with van der Waals surface area (Å²) >= 11 is 0. The van der Waals surface area contributed by atoms with Gasteiger partial charge >= 0.3 is 39.5 Å². The fraction of sp³-hybridized carbons (Fsp3) is 0.953. The van der Waals surface area contributed by atoms with E-state index in [0.29, 0.717) is 25.7 Å². The molecule has 0 saturated heterocycles. The van der Waals surface area contributed by atoms with Crippen LogP contribution >= 0.6 is 15.6 Å². The minimum absolute atomic E-state index is 0.108. The molecule has 0 aromatic heterocycles. The van der Waals surface area contributed by atoms with Crippen LogP contribution in [-0.4, -0.2) is 96.7 Å². The minimum atomic E-state index is -4.97. The van der Waals surface area contributed by atoms with Crippen LogP contribution in [0.15, 0.2) is 0 Å². The highest BCUT2D eigenvalue weighted by atomic mass is 31.2. The molecule has 105 heavy (non-hydrogen) atoms. The van der Waals surface area contributed by atoms with Gasteiger partial charge in [-0.2, -0.15) is 0 Å². The summed E-state index contributed by atoms with van der Waals surface area (Å²) in [7, 11) is -9.93. The number of aliphatic hydroxyl groups excluding tert-OH is 1. The third-order valence-corrected chi connectivity index (χ3v) is 22.4. The number of aliphatic hydroxyl groups is 1. The van der Waals surface area contributed by atoms with Crippen molar-refractivity contribution >= 4 is 39.5 Å². The van der Waals surface area contributed by atoms with E-state index >= 15 is 0 Å². The Morgan fingerprint density at radius 1 is 0.276 bits per heavy atom. The highest BCUT2D eigenvalue weighted by molar-refractivity contribution is 7.47. The summed E-state index contributed by atoms with van der Waals surface area (Å²) in [5.74, 6) is 0.284. The number of carbonyl (C=O) groups is 4. The molecule has 624 valence electrons. The van der Waals surface area contributed by atoms with Gasteiger partial charge in [-0.05, 0) is 43.4 Å². The van der Waals surface area contributed by atoms with E-state index in [-0.39, 0.29) is 25.7 Å². The van der Waals surface area contributed by atoms with Crippen molar-refractivity contribution in [3.63, 3.8) is 0 Å². The summed E-state index contributed by atoms with van der Waals surface area (Å²) in [5, 5.41) is 10.7. The van der Waals surface area contributed by atoms with Gasteiger partial charge in [0.1, 0.15) is 19.3 Å². The van der Waals surface area contributed by atoms with Crippen molar-refractivity contribution in [2.24, 2.45) is 17.8 Å². The first-order valence-corrected chi connectivity index (χ1v) is 47.4. The standard InChI is InChI=1S/C86H168O17P2/c1-8-10-11-12-13-14-15-16-17-23-28-34-39-48-55-62-69-86(91)103-82(74-97-84(89)68-61-54-47-42-41-44-51-58-65-78(5)6)76-101-105(94,95)99-72-80(87)71-98-104(92,93)100-75-81(73-96-83(88)67-60-53-46-38-33-30-25-26-31-36-43-50-57-64-77(3)4)102-85(90)70-63-56-49-40-35-29-24-21-19-18-20-22-27-32-37-45-52-59-66-79(7)9-2/h77-82,87H,8-76H2,1-7H3,(H,92,93)(H,94,95)/t79?,80-,81-,82-/m1/s1. The van der Waals surface area contributed by atoms with Gasteiger partial charge in [0.05, 0.1) is 26.4 Å². The van der Waals surface area contributed by atoms with Crippen LogP contribution in [0.3, 0.4) is 0 Å². The summed E-state index contributed by atoms with van der Waals surface area (Å²) < 4.78 is 68.9. The number of hydrogen-bond acceptors (Lipinski definition) is 15. The molecule has 0 aliphatic heterocycles. The first kappa shape index (κ1) is 103. The molecule has 17 nitrogen and oxygen atoms in total. The number of phosphoric ester groups is 2. The molecule has 0 aromatic rings. The van der Waals surface area contributed by atoms with Gasteiger partial charge in [0, 0.05) is 25.7 Å². The molecule has 0 bridgehead atoms. The maximum atomic E-state index is 13.1. The number of phosphoric acid groups is 2. The summed E-state index contributed by atoms with van der Waals surface area (Å²) in [6.07, 6.45) is 66.6. The number of esters is 4. The lowest BCUT2D eigenvalue weighted by molar-refractivity contribution is -0.161. The van der Waals surface area contributed by atoms with Gasteiger partial charge in [0.2, 0.25) is 0 Å². The van der Waals surface area contributed by atoms with Gasteiger partial charge in [-0.15, -0.1) is 0 Å². The number of rotatable bonds is 84. The first-order chi connectivity index (χ1) is 50.8. The first-order valence-electron chi connectivity index (χ1n) is 44.4. The second-order valence-electron chi connectivity index (χ2n) is 32.1. The van der Waals surface area contributed by atoms with Crippen molar-refractivity contribution in [3.05, 3.63) is 0 Å². The lowest BCUT2D eigenvalue weighted by atomic mass is 9.99. The van der Waals surface area contributed by atoms with Gasteiger partial charge in [-0.1, -0.05) is 402 Å². The van der Waals surface area contributed by atoms with Gasteiger partial charge < -0.3 is 33.8 Å².